The van der Waals surface area contributed by atoms with Crippen LogP contribution in [0.3, 0.4) is 0 Å². The largest absolute Gasteiger partial charge is 0.385 e. The lowest BCUT2D eigenvalue weighted by Crippen LogP contribution is -2.07. The molecule has 108 valence electrons. The lowest BCUT2D eigenvalue weighted by molar-refractivity contribution is -0.384. The lowest BCUT2D eigenvalue weighted by Gasteiger charge is -2.06. The average molecular weight is 278 g/mol. The summed E-state index contributed by atoms with van der Waals surface area (Å²) < 4.78 is 12.5. The van der Waals surface area contributed by atoms with E-state index in [4.69, 9.17) is 9.47 Å². The molecule has 0 aliphatic carbocycles. The Kier molecular flexibility index (Phi) is 5.09. The van der Waals surface area contributed by atoms with Gasteiger partial charge in [0.1, 0.15) is 0 Å². The summed E-state index contributed by atoms with van der Waals surface area (Å²) in [5.41, 5.74) is 1.10. The molecule has 6 heteroatoms. The second kappa shape index (κ2) is 7.02. The molecule has 0 saturated heterocycles. The molecule has 1 heterocycles. The van der Waals surface area contributed by atoms with Crippen molar-refractivity contribution in [1.29, 1.82) is 0 Å². The van der Waals surface area contributed by atoms with Crippen LogP contribution in [0.15, 0.2) is 30.5 Å². The second-order valence-corrected chi connectivity index (χ2v) is 4.47. The molecule has 0 amide bonds. The first-order valence-corrected chi connectivity index (χ1v) is 6.52. The summed E-state index contributed by atoms with van der Waals surface area (Å²) in [6, 6.07) is 6.77. The number of rotatable bonds is 8. The van der Waals surface area contributed by atoms with Gasteiger partial charge in [0, 0.05) is 56.1 Å². The molecule has 0 spiro atoms. The highest BCUT2D eigenvalue weighted by molar-refractivity contribution is 5.82. The molecule has 0 unspecified atom stereocenters. The fourth-order valence-corrected chi connectivity index (χ4v) is 2.07. The first kappa shape index (κ1) is 14.5. The van der Waals surface area contributed by atoms with E-state index in [1.807, 2.05) is 16.8 Å². The lowest BCUT2D eigenvalue weighted by atomic mass is 10.2. The zero-order chi connectivity index (χ0) is 14.4. The summed E-state index contributed by atoms with van der Waals surface area (Å²) in [5.74, 6) is 0. The van der Waals surface area contributed by atoms with E-state index in [2.05, 4.69) is 0 Å². The smallest absolute Gasteiger partial charge is 0.270 e. The highest BCUT2D eigenvalue weighted by Gasteiger charge is 2.08. The van der Waals surface area contributed by atoms with Gasteiger partial charge >= 0.3 is 0 Å². The minimum atomic E-state index is -0.379. The van der Waals surface area contributed by atoms with E-state index >= 15 is 0 Å². The molecule has 0 atom stereocenters. The molecule has 1 aromatic carbocycles. The molecule has 0 fully saturated rings. The number of non-ortho nitro benzene ring substituents is 1. The van der Waals surface area contributed by atoms with Crippen molar-refractivity contribution in [3.8, 4) is 0 Å². The normalized spacial score (nSPS) is 11.1. The third kappa shape index (κ3) is 3.55. The van der Waals surface area contributed by atoms with Crippen molar-refractivity contribution in [2.75, 3.05) is 26.9 Å². The summed E-state index contributed by atoms with van der Waals surface area (Å²) in [6.45, 7) is 2.73. The predicted molar refractivity (Wildman–Crippen MR) is 75.9 cm³/mol. The van der Waals surface area contributed by atoms with Gasteiger partial charge in [0.25, 0.3) is 5.69 Å². The molecule has 6 nitrogen and oxygen atoms in total. The number of fused-ring (bicyclic) bond motifs is 1. The Morgan fingerprint density at radius 2 is 2.10 bits per heavy atom. The third-order valence-electron chi connectivity index (χ3n) is 3.08. The second-order valence-electron chi connectivity index (χ2n) is 4.47. The monoisotopic (exact) mass is 278 g/mol. The molecule has 0 radical (unpaired) electrons. The molecular weight excluding hydrogens is 260 g/mol. The van der Waals surface area contributed by atoms with Crippen LogP contribution in [0.2, 0.25) is 0 Å². The first-order valence-electron chi connectivity index (χ1n) is 6.52. The summed E-state index contributed by atoms with van der Waals surface area (Å²) in [4.78, 5) is 10.3. The van der Waals surface area contributed by atoms with E-state index in [0.29, 0.717) is 19.8 Å². The highest BCUT2D eigenvalue weighted by Crippen LogP contribution is 2.21. The van der Waals surface area contributed by atoms with Gasteiger partial charge in [-0.25, -0.2) is 0 Å². The Morgan fingerprint density at radius 1 is 1.25 bits per heavy atom. The number of hydrogen-bond acceptors (Lipinski definition) is 4. The fourth-order valence-electron chi connectivity index (χ4n) is 2.07. The van der Waals surface area contributed by atoms with E-state index in [0.717, 1.165) is 23.9 Å². The van der Waals surface area contributed by atoms with Gasteiger partial charge in [0.15, 0.2) is 0 Å². The molecule has 2 rings (SSSR count). The maximum atomic E-state index is 10.7. The van der Waals surface area contributed by atoms with Gasteiger partial charge in [0.2, 0.25) is 0 Å². The van der Waals surface area contributed by atoms with Gasteiger partial charge in [-0.3, -0.25) is 10.1 Å². The molecule has 0 saturated carbocycles. The van der Waals surface area contributed by atoms with Gasteiger partial charge < -0.3 is 14.0 Å². The summed E-state index contributed by atoms with van der Waals surface area (Å²) in [7, 11) is 1.67. The van der Waals surface area contributed by atoms with E-state index < -0.39 is 0 Å². The molecule has 0 bridgehead atoms. The van der Waals surface area contributed by atoms with Crippen LogP contribution in [0, 0.1) is 10.1 Å². The van der Waals surface area contributed by atoms with E-state index in [1.54, 1.807) is 19.2 Å². The predicted octanol–water partition coefficient (Wildman–Crippen LogP) is 2.60. The van der Waals surface area contributed by atoms with Crippen molar-refractivity contribution in [3.05, 3.63) is 40.6 Å². The van der Waals surface area contributed by atoms with Crippen LogP contribution in [0.25, 0.3) is 10.9 Å². The zero-order valence-corrected chi connectivity index (χ0v) is 11.4. The van der Waals surface area contributed by atoms with Gasteiger partial charge in [-0.15, -0.1) is 0 Å². The van der Waals surface area contributed by atoms with Crippen LogP contribution in [0.5, 0.6) is 0 Å². The topological polar surface area (TPSA) is 66.5 Å². The molecule has 1 aromatic heterocycles. The van der Waals surface area contributed by atoms with Crippen molar-refractivity contribution >= 4 is 16.6 Å². The van der Waals surface area contributed by atoms with Gasteiger partial charge in [-0.1, -0.05) is 0 Å². The standard InChI is InChI=1S/C14H18N2O4/c1-19-8-2-9-20-10-7-15-6-5-12-11-13(16(17)18)3-4-14(12)15/h3-6,11H,2,7-10H2,1H3. The Balaban J connectivity index is 1.92. The summed E-state index contributed by atoms with van der Waals surface area (Å²) in [6.07, 6.45) is 2.81. The van der Waals surface area contributed by atoms with Crippen molar-refractivity contribution in [2.45, 2.75) is 13.0 Å². The maximum Gasteiger partial charge on any atom is 0.270 e. The zero-order valence-electron chi connectivity index (χ0n) is 11.4. The molecular formula is C14H18N2O4. The SMILES string of the molecule is COCCCOCCn1ccc2cc([N+](=O)[O-])ccc21. The van der Waals surface area contributed by atoms with Crippen LogP contribution in [-0.4, -0.2) is 36.4 Å². The molecule has 0 aliphatic rings. The van der Waals surface area contributed by atoms with E-state index in [1.165, 1.54) is 6.07 Å². The Morgan fingerprint density at radius 3 is 2.85 bits per heavy atom. The van der Waals surface area contributed by atoms with Crippen molar-refractivity contribution in [1.82, 2.24) is 4.57 Å². The van der Waals surface area contributed by atoms with Crippen molar-refractivity contribution in [2.24, 2.45) is 0 Å². The van der Waals surface area contributed by atoms with Crippen LogP contribution in [0.1, 0.15) is 6.42 Å². The number of nitro benzene ring substituents is 1. The van der Waals surface area contributed by atoms with E-state index in [9.17, 15) is 10.1 Å². The molecule has 20 heavy (non-hydrogen) atoms. The van der Waals surface area contributed by atoms with Crippen LogP contribution in [0.4, 0.5) is 5.69 Å². The average Bonchev–Trinajstić information content (AvgIpc) is 2.85. The first-order chi connectivity index (χ1) is 9.72. The Hall–Kier alpha value is -1.92. The number of hydrogen-bond donors (Lipinski definition) is 0. The molecule has 2 aromatic rings. The third-order valence-corrected chi connectivity index (χ3v) is 3.08. The van der Waals surface area contributed by atoms with Crippen molar-refractivity contribution < 1.29 is 14.4 Å². The number of ether oxygens (including phenoxy) is 2. The number of benzene rings is 1. The summed E-state index contributed by atoms with van der Waals surface area (Å²) in [5, 5.41) is 11.6. The number of methoxy groups -OCH3 is 1. The number of nitrogens with zero attached hydrogens (tertiary/aromatic N) is 2. The Bertz CT molecular complexity index is 580. The van der Waals surface area contributed by atoms with Crippen molar-refractivity contribution in [3.63, 3.8) is 0 Å². The minimum Gasteiger partial charge on any atom is -0.385 e. The van der Waals surface area contributed by atoms with Gasteiger partial charge in [-0.05, 0) is 18.6 Å². The number of nitro groups is 1. The molecule has 0 N–H and O–H groups in total. The fraction of sp³-hybridized carbons (Fsp3) is 0.429. The minimum absolute atomic E-state index is 0.117. The Labute approximate surface area is 117 Å². The quantitative estimate of drug-likeness (QED) is 0.423. The van der Waals surface area contributed by atoms with E-state index in [-0.39, 0.29) is 10.6 Å². The highest BCUT2D eigenvalue weighted by atomic mass is 16.6. The van der Waals surface area contributed by atoms with Gasteiger partial charge in [-0.2, -0.15) is 0 Å². The summed E-state index contributed by atoms with van der Waals surface area (Å²) >= 11 is 0. The molecule has 0 aliphatic heterocycles. The number of aromatic nitrogens is 1. The van der Waals surface area contributed by atoms with Crippen LogP contribution >= 0.6 is 0 Å². The van der Waals surface area contributed by atoms with Crippen LogP contribution in [-0.2, 0) is 16.0 Å². The van der Waals surface area contributed by atoms with Crippen LogP contribution < -0.4 is 0 Å². The maximum absolute atomic E-state index is 10.7. The van der Waals surface area contributed by atoms with Gasteiger partial charge in [0.05, 0.1) is 11.5 Å².